The quantitative estimate of drug-likeness (QED) is 0.258. The van der Waals surface area contributed by atoms with Crippen LogP contribution < -0.4 is 4.65 Å². The van der Waals surface area contributed by atoms with Crippen molar-refractivity contribution in [3.63, 3.8) is 0 Å². The van der Waals surface area contributed by atoms with Gasteiger partial charge in [-0.3, -0.25) is 9.59 Å². The molecule has 0 saturated carbocycles. The Morgan fingerprint density at radius 1 is 1.19 bits per heavy atom. The van der Waals surface area contributed by atoms with Gasteiger partial charge in [-0.05, 0) is 25.0 Å². The molecule has 0 amide bonds. The fraction of sp³-hybridized carbons (Fsp3) is 0.526. The molecular formula is C19H20BF5O7. The van der Waals surface area contributed by atoms with Crippen molar-refractivity contribution in [2.24, 2.45) is 0 Å². The average molecular weight is 466 g/mol. The highest BCUT2D eigenvalue weighted by molar-refractivity contribution is 6.47. The van der Waals surface area contributed by atoms with E-state index in [-0.39, 0.29) is 30.6 Å². The Morgan fingerprint density at radius 2 is 1.88 bits per heavy atom. The van der Waals surface area contributed by atoms with Crippen LogP contribution in [-0.2, 0) is 25.5 Å². The van der Waals surface area contributed by atoms with Crippen molar-refractivity contribution in [1.82, 2.24) is 0 Å². The highest BCUT2D eigenvalue weighted by Crippen LogP contribution is 2.37. The van der Waals surface area contributed by atoms with Crippen LogP contribution in [-0.4, -0.2) is 48.8 Å². The Bertz CT molecular complexity index is 853. The number of ketones is 1. The van der Waals surface area contributed by atoms with Crippen molar-refractivity contribution in [1.29, 1.82) is 0 Å². The van der Waals surface area contributed by atoms with Crippen LogP contribution >= 0.6 is 0 Å². The summed E-state index contributed by atoms with van der Waals surface area (Å²) in [5.74, 6) is -6.95. The molecule has 0 saturated heterocycles. The zero-order chi connectivity index (χ0) is 24.1. The van der Waals surface area contributed by atoms with E-state index < -0.39 is 62.4 Å². The lowest BCUT2D eigenvalue weighted by Gasteiger charge is -2.28. The van der Waals surface area contributed by atoms with E-state index in [4.69, 9.17) is 4.65 Å². The number of rotatable bonds is 9. The standard InChI is InChI=1S/C19H20BF5O7/c1-18(21,22)6-5-13(26)8-12-7-11-3-2-4-14(16(11)32-20(12)29)17(28)31-10-30-15(27)9-19(23,24)25/h2-4,12,29H,5-10H2,1H3/t12-/m1/s1. The molecule has 1 heterocycles. The molecule has 1 aliphatic rings. The van der Waals surface area contributed by atoms with Gasteiger partial charge in [0.1, 0.15) is 23.5 Å². The molecule has 7 nitrogen and oxygen atoms in total. The fourth-order valence-corrected chi connectivity index (χ4v) is 3.01. The number of Topliss-reactive ketones (excluding diaryl/α,β-unsaturated/α-hetero) is 1. The van der Waals surface area contributed by atoms with E-state index in [1.54, 1.807) is 6.07 Å². The number of fused-ring (bicyclic) bond motifs is 1. The van der Waals surface area contributed by atoms with Gasteiger partial charge in [-0.25, -0.2) is 13.6 Å². The second kappa shape index (κ2) is 10.3. The van der Waals surface area contributed by atoms with E-state index in [2.05, 4.69) is 9.47 Å². The molecule has 0 radical (unpaired) electrons. The number of hydrogen-bond acceptors (Lipinski definition) is 7. The number of esters is 2. The topological polar surface area (TPSA) is 99.1 Å². The zero-order valence-electron chi connectivity index (χ0n) is 16.9. The summed E-state index contributed by atoms with van der Waals surface area (Å²) in [4.78, 5) is 35.2. The molecule has 1 aromatic carbocycles. The van der Waals surface area contributed by atoms with Gasteiger partial charge < -0.3 is 19.2 Å². The van der Waals surface area contributed by atoms with Crippen LogP contribution in [0.25, 0.3) is 0 Å². The third-order valence-electron chi connectivity index (χ3n) is 4.53. The second-order valence-electron chi connectivity index (χ2n) is 7.44. The summed E-state index contributed by atoms with van der Waals surface area (Å²) in [5.41, 5.74) is 0.251. The number of hydrogen-bond donors (Lipinski definition) is 1. The third-order valence-corrected chi connectivity index (χ3v) is 4.53. The number of carbonyl (C=O) groups excluding carboxylic acids is 3. The maximum Gasteiger partial charge on any atom is 0.526 e. The summed E-state index contributed by atoms with van der Waals surface area (Å²) in [6, 6.07) is 4.27. The summed E-state index contributed by atoms with van der Waals surface area (Å²) in [5, 5.41) is 10.2. The number of alkyl halides is 5. The molecule has 0 bridgehead atoms. The normalized spacial score (nSPS) is 16.1. The molecule has 1 aromatic rings. The van der Waals surface area contributed by atoms with E-state index in [1.165, 1.54) is 12.1 Å². The van der Waals surface area contributed by atoms with E-state index in [1.807, 2.05) is 0 Å². The maximum absolute atomic E-state index is 12.9. The number of ether oxygens (including phenoxy) is 2. The van der Waals surface area contributed by atoms with Gasteiger partial charge >= 0.3 is 25.2 Å². The van der Waals surface area contributed by atoms with Crippen molar-refractivity contribution in [2.75, 3.05) is 6.79 Å². The smallest absolute Gasteiger partial charge is 0.526 e. The fourth-order valence-electron chi connectivity index (χ4n) is 3.01. The number of carbonyl (C=O) groups is 3. The molecule has 13 heteroatoms. The molecule has 2 rings (SSSR count). The van der Waals surface area contributed by atoms with Crippen molar-refractivity contribution in [2.45, 2.75) is 56.9 Å². The molecule has 0 aliphatic carbocycles. The minimum absolute atomic E-state index is 0.0598. The summed E-state index contributed by atoms with van der Waals surface area (Å²) < 4.78 is 76.2. The lowest BCUT2D eigenvalue weighted by Crippen LogP contribution is -2.36. The minimum atomic E-state index is -4.76. The van der Waals surface area contributed by atoms with Crippen LogP contribution in [0.4, 0.5) is 22.0 Å². The van der Waals surface area contributed by atoms with Gasteiger partial charge in [0.2, 0.25) is 12.7 Å². The van der Waals surface area contributed by atoms with Gasteiger partial charge in [0.15, 0.2) is 0 Å². The van der Waals surface area contributed by atoms with Crippen molar-refractivity contribution >= 4 is 24.8 Å². The molecular weight excluding hydrogens is 446 g/mol. The third kappa shape index (κ3) is 8.10. The molecule has 176 valence electrons. The minimum Gasteiger partial charge on any atom is -0.535 e. The van der Waals surface area contributed by atoms with Crippen molar-refractivity contribution in [3.05, 3.63) is 29.3 Å². The summed E-state index contributed by atoms with van der Waals surface area (Å²) >= 11 is 0. The Balaban J connectivity index is 1.97. The summed E-state index contributed by atoms with van der Waals surface area (Å²) in [6.07, 6.45) is -7.68. The van der Waals surface area contributed by atoms with Crippen LogP contribution in [0, 0.1) is 0 Å². The van der Waals surface area contributed by atoms with E-state index in [9.17, 15) is 41.4 Å². The Morgan fingerprint density at radius 3 is 2.50 bits per heavy atom. The number of para-hydroxylation sites is 1. The Labute approximate surface area is 180 Å². The van der Waals surface area contributed by atoms with Gasteiger partial charge in [-0.2, -0.15) is 13.2 Å². The highest BCUT2D eigenvalue weighted by Gasteiger charge is 2.38. The predicted molar refractivity (Wildman–Crippen MR) is 99.0 cm³/mol. The van der Waals surface area contributed by atoms with E-state index in [0.29, 0.717) is 12.5 Å². The zero-order valence-corrected chi connectivity index (χ0v) is 16.9. The van der Waals surface area contributed by atoms with Crippen LogP contribution in [0.5, 0.6) is 5.75 Å². The SMILES string of the molecule is CC(F)(F)CCC(=O)C[C@H]1Cc2cccc(C(=O)OCOC(=O)CC(F)(F)F)c2OB1O. The largest absolute Gasteiger partial charge is 0.535 e. The first-order chi connectivity index (χ1) is 14.7. The Hall–Kier alpha value is -2.70. The molecule has 1 N–H and O–H groups in total. The first-order valence-electron chi connectivity index (χ1n) is 9.51. The molecule has 1 atom stereocenters. The molecule has 0 unspecified atom stereocenters. The van der Waals surface area contributed by atoms with Crippen LogP contribution in [0.2, 0.25) is 5.82 Å². The Kier molecular flexibility index (Phi) is 8.21. The van der Waals surface area contributed by atoms with Gasteiger partial charge in [0, 0.05) is 25.1 Å². The highest BCUT2D eigenvalue weighted by atomic mass is 19.4. The van der Waals surface area contributed by atoms with Gasteiger partial charge in [-0.1, -0.05) is 12.1 Å². The monoisotopic (exact) mass is 466 g/mol. The molecule has 0 spiro atoms. The predicted octanol–water partition coefficient (Wildman–Crippen LogP) is 3.48. The molecule has 0 aromatic heterocycles. The van der Waals surface area contributed by atoms with Crippen molar-refractivity contribution in [3.8, 4) is 5.75 Å². The van der Waals surface area contributed by atoms with E-state index >= 15 is 0 Å². The van der Waals surface area contributed by atoms with Gasteiger partial charge in [-0.15, -0.1) is 0 Å². The van der Waals surface area contributed by atoms with Crippen molar-refractivity contribution < 1.29 is 55.5 Å². The molecule has 0 fully saturated rings. The first-order valence-corrected chi connectivity index (χ1v) is 9.51. The lowest BCUT2D eigenvalue weighted by molar-refractivity contribution is -0.177. The lowest BCUT2D eigenvalue weighted by atomic mass is 9.64. The average Bonchev–Trinajstić information content (AvgIpc) is 2.64. The number of benzene rings is 1. The molecule has 1 aliphatic heterocycles. The maximum atomic E-state index is 12.9. The van der Waals surface area contributed by atoms with Crippen LogP contribution in [0.3, 0.4) is 0 Å². The summed E-state index contributed by atoms with van der Waals surface area (Å²) in [6.45, 7) is -0.355. The van der Waals surface area contributed by atoms with Gasteiger partial charge in [0.25, 0.3) is 0 Å². The van der Waals surface area contributed by atoms with E-state index in [0.717, 1.165) is 0 Å². The second-order valence-corrected chi connectivity index (χ2v) is 7.44. The van der Waals surface area contributed by atoms with Crippen LogP contribution in [0.15, 0.2) is 18.2 Å². The van der Waals surface area contributed by atoms with Crippen LogP contribution in [0.1, 0.15) is 48.5 Å². The summed E-state index contributed by atoms with van der Waals surface area (Å²) in [7, 11) is -1.51. The number of halogens is 5. The molecule has 32 heavy (non-hydrogen) atoms. The van der Waals surface area contributed by atoms with Gasteiger partial charge in [0.05, 0.1) is 0 Å². The first kappa shape index (κ1) is 25.6.